The molecule has 1 aliphatic rings. The summed E-state index contributed by atoms with van der Waals surface area (Å²) in [6.07, 6.45) is 4.07. The molecule has 1 aliphatic carbocycles. The SMILES string of the molecule is CN(CCOCC1CC1)S(=O)(=O)c1cc(CN)n(C)c1. The summed E-state index contributed by atoms with van der Waals surface area (Å²) in [7, 11) is -0.0929. The fourth-order valence-corrected chi connectivity index (χ4v) is 3.20. The summed E-state index contributed by atoms with van der Waals surface area (Å²) in [6, 6.07) is 1.62. The molecule has 0 amide bonds. The van der Waals surface area contributed by atoms with E-state index >= 15 is 0 Å². The van der Waals surface area contributed by atoms with Crippen LogP contribution in [0.2, 0.25) is 0 Å². The molecule has 1 aromatic rings. The average molecular weight is 301 g/mol. The molecule has 1 saturated carbocycles. The number of sulfonamides is 1. The number of ether oxygens (including phenoxy) is 1. The molecule has 2 N–H and O–H groups in total. The Balaban J connectivity index is 1.92. The Morgan fingerprint density at radius 1 is 1.50 bits per heavy atom. The molecule has 0 saturated heterocycles. The highest BCUT2D eigenvalue weighted by atomic mass is 32.2. The van der Waals surface area contributed by atoms with Gasteiger partial charge in [0.05, 0.1) is 6.61 Å². The van der Waals surface area contributed by atoms with Crippen LogP contribution in [0.5, 0.6) is 0 Å². The first-order valence-electron chi connectivity index (χ1n) is 6.84. The van der Waals surface area contributed by atoms with Crippen LogP contribution in [-0.2, 0) is 28.4 Å². The third-order valence-corrected chi connectivity index (χ3v) is 5.42. The molecule has 0 spiro atoms. The van der Waals surface area contributed by atoms with Gasteiger partial charge in [-0.1, -0.05) is 0 Å². The minimum Gasteiger partial charge on any atom is -0.380 e. The highest BCUT2D eigenvalue weighted by Gasteiger charge is 2.24. The summed E-state index contributed by atoms with van der Waals surface area (Å²) in [5.74, 6) is 0.693. The molecule has 0 radical (unpaired) electrons. The zero-order chi connectivity index (χ0) is 14.8. The molecule has 2 rings (SSSR count). The lowest BCUT2D eigenvalue weighted by atomic mass is 10.4. The van der Waals surface area contributed by atoms with Crippen molar-refractivity contribution in [1.29, 1.82) is 0 Å². The van der Waals surface area contributed by atoms with Gasteiger partial charge >= 0.3 is 0 Å². The van der Waals surface area contributed by atoms with E-state index in [2.05, 4.69) is 0 Å². The summed E-state index contributed by atoms with van der Waals surface area (Å²) in [4.78, 5) is 0.283. The Morgan fingerprint density at radius 2 is 2.20 bits per heavy atom. The van der Waals surface area contributed by atoms with Crippen molar-refractivity contribution in [3.8, 4) is 0 Å². The Kier molecular flexibility index (Phi) is 4.85. The Morgan fingerprint density at radius 3 is 2.75 bits per heavy atom. The second kappa shape index (κ2) is 6.26. The summed E-state index contributed by atoms with van der Waals surface area (Å²) in [5, 5.41) is 0. The normalized spacial score (nSPS) is 16.0. The summed E-state index contributed by atoms with van der Waals surface area (Å²) in [5.41, 5.74) is 6.36. The van der Waals surface area contributed by atoms with E-state index in [4.69, 9.17) is 10.5 Å². The molecule has 1 aromatic heterocycles. The predicted molar refractivity (Wildman–Crippen MR) is 76.7 cm³/mol. The molecular formula is C13H23N3O3S. The molecule has 114 valence electrons. The van der Waals surface area contributed by atoms with E-state index in [1.807, 2.05) is 0 Å². The first-order chi connectivity index (χ1) is 9.45. The van der Waals surface area contributed by atoms with Crippen molar-refractivity contribution in [1.82, 2.24) is 8.87 Å². The minimum absolute atomic E-state index is 0.283. The van der Waals surface area contributed by atoms with Crippen LogP contribution in [0, 0.1) is 5.92 Å². The number of aromatic nitrogens is 1. The number of likely N-dealkylation sites (N-methyl/N-ethyl adjacent to an activating group) is 1. The van der Waals surface area contributed by atoms with Crippen molar-refractivity contribution in [3.63, 3.8) is 0 Å². The van der Waals surface area contributed by atoms with E-state index in [1.165, 1.54) is 17.1 Å². The summed E-state index contributed by atoms with van der Waals surface area (Å²) < 4.78 is 33.3. The lowest BCUT2D eigenvalue weighted by Gasteiger charge is -2.16. The number of aryl methyl sites for hydroxylation is 1. The molecular weight excluding hydrogens is 278 g/mol. The molecule has 0 atom stereocenters. The first-order valence-corrected chi connectivity index (χ1v) is 8.28. The van der Waals surface area contributed by atoms with Gasteiger partial charge < -0.3 is 15.0 Å². The second-order valence-corrected chi connectivity index (χ2v) is 7.37. The van der Waals surface area contributed by atoms with Crippen LogP contribution in [0.1, 0.15) is 18.5 Å². The van der Waals surface area contributed by atoms with Gasteiger partial charge in [-0.05, 0) is 24.8 Å². The van der Waals surface area contributed by atoms with Gasteiger partial charge in [0.15, 0.2) is 0 Å². The molecule has 20 heavy (non-hydrogen) atoms. The van der Waals surface area contributed by atoms with E-state index < -0.39 is 10.0 Å². The van der Waals surface area contributed by atoms with Gasteiger partial charge in [-0.3, -0.25) is 0 Å². The summed E-state index contributed by atoms with van der Waals surface area (Å²) in [6.45, 7) is 1.86. The lowest BCUT2D eigenvalue weighted by Crippen LogP contribution is -2.30. The van der Waals surface area contributed by atoms with E-state index in [9.17, 15) is 8.42 Å². The largest absolute Gasteiger partial charge is 0.380 e. The fourth-order valence-electron chi connectivity index (χ4n) is 1.95. The Hall–Kier alpha value is -0.890. The van der Waals surface area contributed by atoms with Gasteiger partial charge in [0.25, 0.3) is 0 Å². The number of nitrogens with zero attached hydrogens (tertiary/aromatic N) is 2. The van der Waals surface area contributed by atoms with Crippen molar-refractivity contribution in [2.45, 2.75) is 24.3 Å². The molecule has 7 heteroatoms. The van der Waals surface area contributed by atoms with E-state index in [0.29, 0.717) is 25.6 Å². The van der Waals surface area contributed by atoms with Crippen LogP contribution >= 0.6 is 0 Å². The minimum atomic E-state index is -3.46. The van der Waals surface area contributed by atoms with Crippen LogP contribution < -0.4 is 5.73 Å². The molecule has 1 heterocycles. The van der Waals surface area contributed by atoms with Gasteiger partial charge in [0.1, 0.15) is 4.90 Å². The zero-order valence-corrected chi connectivity index (χ0v) is 12.9. The van der Waals surface area contributed by atoms with Gasteiger partial charge in [-0.15, -0.1) is 0 Å². The van der Waals surface area contributed by atoms with Crippen LogP contribution in [-0.4, -0.2) is 44.1 Å². The van der Waals surface area contributed by atoms with Crippen LogP contribution in [0.3, 0.4) is 0 Å². The van der Waals surface area contributed by atoms with Gasteiger partial charge in [0, 0.05) is 45.7 Å². The third-order valence-electron chi connectivity index (χ3n) is 3.60. The maximum Gasteiger partial charge on any atom is 0.244 e. The van der Waals surface area contributed by atoms with Crippen LogP contribution in [0.15, 0.2) is 17.2 Å². The number of hydrogen-bond acceptors (Lipinski definition) is 4. The number of hydrogen-bond donors (Lipinski definition) is 1. The molecule has 6 nitrogen and oxygen atoms in total. The van der Waals surface area contributed by atoms with Crippen molar-refractivity contribution in [2.24, 2.45) is 18.7 Å². The average Bonchev–Trinajstić information content (AvgIpc) is 3.15. The molecule has 0 aliphatic heterocycles. The highest BCUT2D eigenvalue weighted by molar-refractivity contribution is 7.89. The quantitative estimate of drug-likeness (QED) is 0.711. The van der Waals surface area contributed by atoms with Gasteiger partial charge in [0.2, 0.25) is 10.0 Å². The Bertz CT molecular complexity index is 549. The third kappa shape index (κ3) is 3.60. The highest BCUT2D eigenvalue weighted by Crippen LogP contribution is 2.28. The Labute approximate surface area is 120 Å². The predicted octanol–water partition coefficient (Wildman–Crippen LogP) is 0.531. The van der Waals surface area contributed by atoms with Gasteiger partial charge in [-0.25, -0.2) is 8.42 Å². The maximum absolute atomic E-state index is 12.4. The molecule has 1 fully saturated rings. The number of nitrogens with two attached hydrogens (primary N) is 1. The fraction of sp³-hybridized carbons (Fsp3) is 0.692. The zero-order valence-electron chi connectivity index (χ0n) is 12.1. The van der Waals surface area contributed by atoms with Crippen molar-refractivity contribution >= 4 is 10.0 Å². The van der Waals surface area contributed by atoms with Crippen molar-refractivity contribution in [3.05, 3.63) is 18.0 Å². The van der Waals surface area contributed by atoms with Crippen LogP contribution in [0.4, 0.5) is 0 Å². The molecule has 0 aromatic carbocycles. The smallest absolute Gasteiger partial charge is 0.244 e. The summed E-state index contributed by atoms with van der Waals surface area (Å²) >= 11 is 0. The van der Waals surface area contributed by atoms with E-state index in [1.54, 1.807) is 30.9 Å². The van der Waals surface area contributed by atoms with E-state index in [-0.39, 0.29) is 4.90 Å². The molecule has 0 unspecified atom stereocenters. The van der Waals surface area contributed by atoms with Crippen molar-refractivity contribution in [2.75, 3.05) is 26.8 Å². The topological polar surface area (TPSA) is 77.6 Å². The number of rotatable bonds is 8. The lowest BCUT2D eigenvalue weighted by molar-refractivity contribution is 0.117. The van der Waals surface area contributed by atoms with Crippen LogP contribution in [0.25, 0.3) is 0 Å². The standard InChI is InChI=1S/C13H23N3O3S/c1-15-9-13(7-12(15)8-14)20(17,18)16(2)5-6-19-10-11-3-4-11/h7,9,11H,3-6,8,10,14H2,1-2H3. The van der Waals surface area contributed by atoms with E-state index in [0.717, 1.165) is 12.3 Å². The second-order valence-electron chi connectivity index (χ2n) is 5.33. The monoisotopic (exact) mass is 301 g/mol. The van der Waals surface area contributed by atoms with Crippen molar-refractivity contribution < 1.29 is 13.2 Å². The first kappa shape index (κ1) is 15.5. The molecule has 0 bridgehead atoms. The maximum atomic E-state index is 12.4. The van der Waals surface area contributed by atoms with Gasteiger partial charge in [-0.2, -0.15) is 4.31 Å².